The molecular formula is C63H45N. The summed E-state index contributed by atoms with van der Waals surface area (Å²) in [5.74, 6) is 0.367. The van der Waals surface area contributed by atoms with E-state index in [1.165, 1.54) is 93.5 Å². The van der Waals surface area contributed by atoms with Crippen molar-refractivity contribution in [3.8, 4) is 44.5 Å². The molecule has 1 nitrogen and oxygen atoms in total. The van der Waals surface area contributed by atoms with Gasteiger partial charge in [0.2, 0.25) is 0 Å². The molecule has 11 aromatic carbocycles. The van der Waals surface area contributed by atoms with Crippen LogP contribution < -0.4 is 4.90 Å². The van der Waals surface area contributed by atoms with Crippen molar-refractivity contribution in [1.82, 2.24) is 0 Å². The molecule has 1 aliphatic carbocycles. The zero-order valence-electron chi connectivity index (χ0n) is 35.5. The molecule has 0 aliphatic heterocycles. The number of rotatable bonds is 9. The van der Waals surface area contributed by atoms with E-state index >= 15 is 0 Å². The predicted molar refractivity (Wildman–Crippen MR) is 272 cm³/mol. The lowest BCUT2D eigenvalue weighted by atomic mass is 9.86. The van der Waals surface area contributed by atoms with E-state index < -0.39 is 0 Å². The van der Waals surface area contributed by atoms with Crippen LogP contribution in [0.1, 0.15) is 29.0 Å². The van der Waals surface area contributed by atoms with Crippen LogP contribution in [0.15, 0.2) is 243 Å². The maximum Gasteiger partial charge on any atom is 0.0540 e. The van der Waals surface area contributed by atoms with Gasteiger partial charge in [-0.25, -0.2) is 0 Å². The highest BCUT2D eigenvalue weighted by molar-refractivity contribution is 6.25. The summed E-state index contributed by atoms with van der Waals surface area (Å²) in [6, 6.07) is 89.6. The molecule has 0 fully saturated rings. The molecule has 0 bridgehead atoms. The third kappa shape index (κ3) is 6.48. The van der Waals surface area contributed by atoms with Crippen LogP contribution in [-0.4, -0.2) is 0 Å². The van der Waals surface area contributed by atoms with Gasteiger partial charge in [0.25, 0.3) is 0 Å². The highest BCUT2D eigenvalue weighted by atomic mass is 15.1. The maximum absolute atomic E-state index is 2.48. The number of nitrogens with zero attached hydrogens (tertiary/aromatic N) is 1. The molecule has 0 spiro atoms. The molecular weight excluding hydrogens is 771 g/mol. The predicted octanol–water partition coefficient (Wildman–Crippen LogP) is 17.4. The molecule has 11 aromatic rings. The maximum atomic E-state index is 2.48. The summed E-state index contributed by atoms with van der Waals surface area (Å²) in [4.78, 5) is 2.48. The van der Waals surface area contributed by atoms with Crippen molar-refractivity contribution in [2.24, 2.45) is 0 Å². The molecule has 1 heteroatoms. The second kappa shape index (κ2) is 16.0. The smallest absolute Gasteiger partial charge is 0.0540 e. The highest BCUT2D eigenvalue weighted by Crippen LogP contribution is 2.49. The molecule has 302 valence electrons. The molecule has 0 saturated carbocycles. The first-order chi connectivity index (χ1) is 31.8. The SMILES string of the molecule is c1ccc(-c2cc(N(c3ccc4c5ccccc5c5ccccc5c4c3)c3ccccc3-c3ccccc3)ccc2-c2ccccc2CCC2c3ccccc3-c3ccccc32)cc1. The summed E-state index contributed by atoms with van der Waals surface area (Å²) in [7, 11) is 0. The van der Waals surface area contributed by atoms with Gasteiger partial charge in [-0.15, -0.1) is 0 Å². The van der Waals surface area contributed by atoms with E-state index in [9.17, 15) is 0 Å². The Balaban J connectivity index is 1.03. The molecule has 0 saturated heterocycles. The summed E-state index contributed by atoms with van der Waals surface area (Å²) in [5.41, 5.74) is 17.7. The van der Waals surface area contributed by atoms with E-state index in [4.69, 9.17) is 0 Å². The van der Waals surface area contributed by atoms with Crippen molar-refractivity contribution in [2.75, 3.05) is 4.90 Å². The zero-order chi connectivity index (χ0) is 42.4. The number of anilines is 3. The van der Waals surface area contributed by atoms with Crippen molar-refractivity contribution in [1.29, 1.82) is 0 Å². The number of hydrogen-bond donors (Lipinski definition) is 0. The van der Waals surface area contributed by atoms with Crippen molar-refractivity contribution < 1.29 is 0 Å². The first kappa shape index (κ1) is 37.7. The van der Waals surface area contributed by atoms with Crippen molar-refractivity contribution in [3.05, 3.63) is 259 Å². The number of aryl methyl sites for hydroxylation is 1. The lowest BCUT2D eigenvalue weighted by molar-refractivity contribution is 0.730. The Kier molecular flexibility index (Phi) is 9.46. The van der Waals surface area contributed by atoms with Gasteiger partial charge < -0.3 is 4.90 Å². The van der Waals surface area contributed by atoms with Crippen LogP contribution in [0.4, 0.5) is 17.1 Å². The Labute approximate surface area is 375 Å². The first-order valence-corrected chi connectivity index (χ1v) is 22.5. The average Bonchev–Trinajstić information content (AvgIpc) is 3.70. The second-order valence-electron chi connectivity index (χ2n) is 17.1. The Morgan fingerprint density at radius 3 is 1.39 bits per heavy atom. The van der Waals surface area contributed by atoms with Crippen LogP contribution in [0, 0.1) is 0 Å². The number of benzene rings is 11. The Bertz CT molecular complexity index is 3430. The molecule has 64 heavy (non-hydrogen) atoms. The first-order valence-electron chi connectivity index (χ1n) is 22.5. The fourth-order valence-corrected chi connectivity index (χ4v) is 10.6. The topological polar surface area (TPSA) is 3.24 Å². The van der Waals surface area contributed by atoms with Gasteiger partial charge in [0.15, 0.2) is 0 Å². The summed E-state index contributed by atoms with van der Waals surface area (Å²) >= 11 is 0. The van der Waals surface area contributed by atoms with Gasteiger partial charge >= 0.3 is 0 Å². The van der Waals surface area contributed by atoms with E-state index in [0.717, 1.165) is 29.9 Å². The van der Waals surface area contributed by atoms with Crippen molar-refractivity contribution in [2.45, 2.75) is 18.8 Å². The van der Waals surface area contributed by atoms with Crippen LogP contribution >= 0.6 is 0 Å². The summed E-state index contributed by atoms with van der Waals surface area (Å²) in [6.07, 6.45) is 2.01. The Hall–Kier alpha value is -8.00. The molecule has 0 aromatic heterocycles. The van der Waals surface area contributed by atoms with Crippen LogP contribution in [0.25, 0.3) is 76.8 Å². The Morgan fingerprint density at radius 1 is 0.297 bits per heavy atom. The van der Waals surface area contributed by atoms with Gasteiger partial charge in [-0.2, -0.15) is 0 Å². The van der Waals surface area contributed by atoms with Crippen LogP contribution in [-0.2, 0) is 6.42 Å². The van der Waals surface area contributed by atoms with Crippen LogP contribution in [0.3, 0.4) is 0 Å². The largest absolute Gasteiger partial charge is 0.310 e. The van der Waals surface area contributed by atoms with E-state index in [0.29, 0.717) is 5.92 Å². The van der Waals surface area contributed by atoms with Crippen molar-refractivity contribution in [3.63, 3.8) is 0 Å². The molecule has 0 atom stereocenters. The Morgan fingerprint density at radius 2 is 0.750 bits per heavy atom. The molecule has 0 heterocycles. The molecule has 0 radical (unpaired) electrons. The standard InChI is InChI=1S/C63H45N/c1-3-19-43(20-4-1)49-25-17-18-34-63(49)64(47-37-40-60-56-32-14-11-28-52(56)53-29-15-16-33-57(53)62(60)42-47)46-36-39-58(61(41-46)44-21-5-2-6-22-44)48-24-8-7-23-45(48)35-38-59-54-30-12-9-26-50(54)51-27-10-13-31-55(51)59/h1-34,36-37,39-42,59H,35,38H2. The minimum atomic E-state index is 0.367. The minimum Gasteiger partial charge on any atom is -0.310 e. The van der Waals surface area contributed by atoms with Gasteiger partial charge in [-0.3, -0.25) is 0 Å². The highest BCUT2D eigenvalue weighted by Gasteiger charge is 2.28. The third-order valence-corrected chi connectivity index (χ3v) is 13.5. The average molecular weight is 816 g/mol. The van der Waals surface area contributed by atoms with Gasteiger partial charge in [-0.1, -0.05) is 212 Å². The van der Waals surface area contributed by atoms with Gasteiger partial charge in [-0.05, 0) is 131 Å². The summed E-state index contributed by atoms with van der Waals surface area (Å²) in [5, 5.41) is 7.59. The van der Waals surface area contributed by atoms with Gasteiger partial charge in [0.05, 0.1) is 5.69 Å². The fourth-order valence-electron chi connectivity index (χ4n) is 10.6. The summed E-state index contributed by atoms with van der Waals surface area (Å²) < 4.78 is 0. The van der Waals surface area contributed by atoms with Gasteiger partial charge in [0, 0.05) is 22.9 Å². The fraction of sp³-hybridized carbons (Fsp3) is 0.0476. The second-order valence-corrected chi connectivity index (χ2v) is 17.1. The number of fused-ring (bicyclic) bond motifs is 9. The molecule has 12 rings (SSSR count). The van der Waals surface area contributed by atoms with Gasteiger partial charge in [0.1, 0.15) is 0 Å². The molecule has 0 amide bonds. The van der Waals surface area contributed by atoms with E-state index in [2.05, 4.69) is 248 Å². The zero-order valence-corrected chi connectivity index (χ0v) is 35.5. The van der Waals surface area contributed by atoms with E-state index in [1.54, 1.807) is 0 Å². The molecule has 0 unspecified atom stereocenters. The quantitative estimate of drug-likeness (QED) is 0.131. The molecule has 0 N–H and O–H groups in total. The number of para-hydroxylation sites is 1. The number of hydrogen-bond acceptors (Lipinski definition) is 1. The lowest BCUT2D eigenvalue weighted by Gasteiger charge is -2.29. The molecule has 1 aliphatic rings. The van der Waals surface area contributed by atoms with Crippen LogP contribution in [0.2, 0.25) is 0 Å². The summed E-state index contributed by atoms with van der Waals surface area (Å²) in [6.45, 7) is 0. The van der Waals surface area contributed by atoms with Crippen molar-refractivity contribution >= 4 is 49.4 Å². The van der Waals surface area contributed by atoms with Crippen LogP contribution in [0.5, 0.6) is 0 Å². The minimum absolute atomic E-state index is 0.367. The van der Waals surface area contributed by atoms with E-state index in [1.807, 2.05) is 0 Å². The lowest BCUT2D eigenvalue weighted by Crippen LogP contribution is -2.11. The third-order valence-electron chi connectivity index (χ3n) is 13.5. The van der Waals surface area contributed by atoms with E-state index in [-0.39, 0.29) is 0 Å². The monoisotopic (exact) mass is 815 g/mol. The normalized spacial score (nSPS) is 12.1.